The Morgan fingerprint density at radius 2 is 2.05 bits per heavy atom. The Labute approximate surface area is 129 Å². The van der Waals surface area contributed by atoms with Crippen LogP contribution in [0, 0.1) is 0 Å². The van der Waals surface area contributed by atoms with Crippen LogP contribution >= 0.6 is 24.0 Å². The van der Waals surface area contributed by atoms with Crippen LogP contribution in [0.4, 0.5) is 0 Å². The van der Waals surface area contributed by atoms with Gasteiger partial charge in [0.15, 0.2) is 11.5 Å². The largest absolute Gasteiger partial charge is 0.504 e. The van der Waals surface area contributed by atoms with Crippen LogP contribution in [-0.4, -0.2) is 42.5 Å². The topological polar surface area (TPSA) is 98.1 Å². The summed E-state index contributed by atoms with van der Waals surface area (Å²) in [6.45, 7) is 1.38. The van der Waals surface area contributed by atoms with Gasteiger partial charge in [0, 0.05) is 0 Å². The molecule has 1 atom stereocenters. The fourth-order valence-electron chi connectivity index (χ4n) is 1.71. The molecule has 6 nitrogen and oxygen atoms in total. The molecule has 1 amide bonds. The molecule has 21 heavy (non-hydrogen) atoms. The van der Waals surface area contributed by atoms with Gasteiger partial charge in [0.1, 0.15) is 10.4 Å². The molecule has 1 heterocycles. The number of hydrogen-bond acceptors (Lipinski definition) is 6. The fraction of sp³-hybridized carbons (Fsp3) is 0.154. The van der Waals surface area contributed by atoms with Crippen molar-refractivity contribution < 1.29 is 24.9 Å². The maximum absolute atomic E-state index is 12.2. The number of rotatable bonds is 3. The van der Waals surface area contributed by atoms with Crippen molar-refractivity contribution >= 4 is 46.3 Å². The molecular weight excluding hydrogens is 314 g/mol. The number of carbonyl (C=O) groups is 2. The van der Waals surface area contributed by atoms with Crippen LogP contribution in [0.1, 0.15) is 12.5 Å². The van der Waals surface area contributed by atoms with E-state index in [1.165, 1.54) is 31.2 Å². The molecule has 0 spiro atoms. The van der Waals surface area contributed by atoms with Gasteiger partial charge >= 0.3 is 5.97 Å². The molecule has 1 fully saturated rings. The van der Waals surface area contributed by atoms with Crippen molar-refractivity contribution in [2.75, 3.05) is 0 Å². The molecule has 0 bridgehead atoms. The molecule has 0 radical (unpaired) electrons. The van der Waals surface area contributed by atoms with E-state index in [0.717, 1.165) is 16.7 Å². The second-order valence-corrected chi connectivity index (χ2v) is 5.99. The number of carbonyl (C=O) groups excluding carboxylic acids is 1. The Bertz CT molecular complexity index is 671. The summed E-state index contributed by atoms with van der Waals surface area (Å²) >= 11 is 6.02. The monoisotopic (exact) mass is 325 g/mol. The predicted octanol–water partition coefficient (Wildman–Crippen LogP) is 1.77. The van der Waals surface area contributed by atoms with E-state index >= 15 is 0 Å². The third kappa shape index (κ3) is 3.01. The van der Waals surface area contributed by atoms with Gasteiger partial charge in [-0.2, -0.15) is 0 Å². The number of nitrogens with zero attached hydrogens (tertiary/aromatic N) is 1. The highest BCUT2D eigenvalue weighted by molar-refractivity contribution is 8.26. The van der Waals surface area contributed by atoms with Crippen molar-refractivity contribution in [3.63, 3.8) is 0 Å². The third-order valence-electron chi connectivity index (χ3n) is 2.87. The lowest BCUT2D eigenvalue weighted by Gasteiger charge is -2.18. The average Bonchev–Trinajstić information content (AvgIpc) is 2.68. The molecule has 3 N–H and O–H groups in total. The summed E-state index contributed by atoms with van der Waals surface area (Å²) in [7, 11) is 0. The summed E-state index contributed by atoms with van der Waals surface area (Å²) in [6.07, 6.45) is 1.48. The van der Waals surface area contributed by atoms with E-state index in [0.29, 0.717) is 5.56 Å². The summed E-state index contributed by atoms with van der Waals surface area (Å²) in [5.74, 6) is -2.21. The Morgan fingerprint density at radius 3 is 2.62 bits per heavy atom. The molecule has 0 saturated carbocycles. The maximum atomic E-state index is 12.2. The lowest BCUT2D eigenvalue weighted by Crippen LogP contribution is -2.41. The molecule has 1 unspecified atom stereocenters. The third-order valence-corrected chi connectivity index (χ3v) is 4.20. The van der Waals surface area contributed by atoms with Crippen molar-refractivity contribution in [2.24, 2.45) is 0 Å². The summed E-state index contributed by atoms with van der Waals surface area (Å²) in [5, 5.41) is 27.6. The molecule has 1 aliphatic heterocycles. The van der Waals surface area contributed by atoms with Crippen LogP contribution in [0.25, 0.3) is 6.08 Å². The number of benzene rings is 1. The van der Waals surface area contributed by atoms with E-state index in [2.05, 4.69) is 0 Å². The Morgan fingerprint density at radius 1 is 1.38 bits per heavy atom. The van der Waals surface area contributed by atoms with E-state index in [-0.39, 0.29) is 20.7 Å². The highest BCUT2D eigenvalue weighted by atomic mass is 32.2. The number of phenolic OH excluding ortho intramolecular Hbond substituents is 2. The molecule has 0 aromatic heterocycles. The molecule has 1 aliphatic rings. The first-order chi connectivity index (χ1) is 9.81. The lowest BCUT2D eigenvalue weighted by atomic mass is 10.2. The van der Waals surface area contributed by atoms with E-state index in [4.69, 9.17) is 17.3 Å². The minimum Gasteiger partial charge on any atom is -0.504 e. The molecule has 8 heteroatoms. The smallest absolute Gasteiger partial charge is 0.326 e. The van der Waals surface area contributed by atoms with E-state index in [1.54, 1.807) is 0 Å². The van der Waals surface area contributed by atoms with Crippen molar-refractivity contribution in [3.05, 3.63) is 28.7 Å². The summed E-state index contributed by atoms with van der Waals surface area (Å²) in [6, 6.07) is 3.06. The van der Waals surface area contributed by atoms with Crippen LogP contribution in [0.5, 0.6) is 11.5 Å². The standard InChI is InChI=1S/C13H11NO5S2/c1-6(12(18)19)14-11(17)10(21-13(14)20)5-7-2-3-8(15)9(16)4-7/h2-6,15-16H,1H3,(H,18,19)/b10-5-. The van der Waals surface area contributed by atoms with E-state index in [1.807, 2.05) is 0 Å². The number of thioether (sulfide) groups is 1. The molecular formula is C13H11NO5S2. The van der Waals surface area contributed by atoms with E-state index in [9.17, 15) is 19.8 Å². The zero-order chi connectivity index (χ0) is 15.7. The Kier molecular flexibility index (Phi) is 4.19. The van der Waals surface area contributed by atoms with Gasteiger partial charge in [0.05, 0.1) is 4.91 Å². The minimum absolute atomic E-state index is 0.171. The first-order valence-corrected chi connectivity index (χ1v) is 7.05. The van der Waals surface area contributed by atoms with Crippen LogP contribution in [0.3, 0.4) is 0 Å². The van der Waals surface area contributed by atoms with Gasteiger partial charge in [0.2, 0.25) is 0 Å². The zero-order valence-corrected chi connectivity index (χ0v) is 12.4. The molecule has 110 valence electrons. The number of aromatic hydroxyl groups is 2. The van der Waals surface area contributed by atoms with Crippen LogP contribution in [-0.2, 0) is 9.59 Å². The van der Waals surface area contributed by atoms with Crippen LogP contribution in [0.15, 0.2) is 23.1 Å². The fourth-order valence-corrected chi connectivity index (χ4v) is 3.12. The van der Waals surface area contributed by atoms with Gasteiger partial charge in [-0.15, -0.1) is 0 Å². The van der Waals surface area contributed by atoms with Crippen molar-refractivity contribution in [1.82, 2.24) is 4.90 Å². The van der Waals surface area contributed by atoms with Gasteiger partial charge in [0.25, 0.3) is 5.91 Å². The summed E-state index contributed by atoms with van der Waals surface area (Å²) < 4.78 is 0.171. The van der Waals surface area contributed by atoms with Crippen LogP contribution in [0.2, 0.25) is 0 Å². The minimum atomic E-state index is -1.14. The highest BCUT2D eigenvalue weighted by Crippen LogP contribution is 2.35. The highest BCUT2D eigenvalue weighted by Gasteiger charge is 2.38. The predicted molar refractivity (Wildman–Crippen MR) is 81.9 cm³/mol. The van der Waals surface area contributed by atoms with Gasteiger partial charge in [-0.3, -0.25) is 9.69 Å². The number of phenols is 2. The summed E-state index contributed by atoms with van der Waals surface area (Å²) in [4.78, 5) is 24.5. The Balaban J connectivity index is 2.32. The van der Waals surface area contributed by atoms with Crippen molar-refractivity contribution in [1.29, 1.82) is 0 Å². The number of hydrogen-bond donors (Lipinski definition) is 3. The SMILES string of the molecule is CC(C(=O)O)N1C(=O)/C(=C/c2ccc(O)c(O)c2)SC1=S. The summed E-state index contributed by atoms with van der Waals surface area (Å²) in [5.41, 5.74) is 0.494. The van der Waals surface area contributed by atoms with Gasteiger partial charge in [-0.05, 0) is 30.7 Å². The molecule has 1 aromatic carbocycles. The molecule has 1 saturated heterocycles. The van der Waals surface area contributed by atoms with Crippen molar-refractivity contribution in [2.45, 2.75) is 13.0 Å². The maximum Gasteiger partial charge on any atom is 0.326 e. The van der Waals surface area contributed by atoms with Crippen molar-refractivity contribution in [3.8, 4) is 11.5 Å². The quantitative estimate of drug-likeness (QED) is 0.442. The van der Waals surface area contributed by atoms with Gasteiger partial charge in [-0.1, -0.05) is 30.0 Å². The molecule has 0 aliphatic carbocycles. The normalized spacial score (nSPS) is 18.3. The molecule has 1 aromatic rings. The first kappa shape index (κ1) is 15.3. The second-order valence-electron chi connectivity index (χ2n) is 4.31. The number of carboxylic acid groups (broad SMARTS) is 1. The Hall–Kier alpha value is -2.06. The molecule has 2 rings (SSSR count). The van der Waals surface area contributed by atoms with Gasteiger partial charge < -0.3 is 15.3 Å². The lowest BCUT2D eigenvalue weighted by molar-refractivity contribution is -0.144. The number of amides is 1. The number of thiocarbonyl (C=S) groups is 1. The zero-order valence-electron chi connectivity index (χ0n) is 10.8. The number of carboxylic acids is 1. The number of aliphatic carboxylic acids is 1. The van der Waals surface area contributed by atoms with Crippen LogP contribution < -0.4 is 0 Å². The van der Waals surface area contributed by atoms with E-state index < -0.39 is 17.9 Å². The van der Waals surface area contributed by atoms with Gasteiger partial charge in [-0.25, -0.2) is 4.79 Å². The average molecular weight is 325 g/mol. The second kappa shape index (κ2) is 5.74. The first-order valence-electron chi connectivity index (χ1n) is 5.83.